The van der Waals surface area contributed by atoms with Crippen LogP contribution in [0.1, 0.15) is 40.0 Å². The molecule has 5 heteroatoms. The first-order valence-electron chi connectivity index (χ1n) is 6.81. The third-order valence-electron chi connectivity index (χ3n) is 5.35. The Morgan fingerprint density at radius 1 is 1.37 bits per heavy atom. The third-order valence-corrected chi connectivity index (χ3v) is 5.35. The third kappa shape index (κ3) is 2.35. The van der Waals surface area contributed by atoms with Crippen LogP contribution < -0.4 is 5.32 Å². The minimum atomic E-state index is -4.44. The Kier molecular flexibility index (Phi) is 3.37. The number of nitrogens with one attached hydrogen (secondary N) is 1. The number of hydrogen-bond donors (Lipinski definition) is 1. The van der Waals surface area contributed by atoms with Gasteiger partial charge < -0.3 is 5.32 Å². The fraction of sp³-hybridized carbons (Fsp3) is 0.929. The van der Waals surface area contributed by atoms with Crippen LogP contribution in [0.5, 0.6) is 0 Å². The van der Waals surface area contributed by atoms with E-state index in [1.54, 1.807) is 0 Å². The molecule has 2 saturated carbocycles. The van der Waals surface area contributed by atoms with Crippen LogP contribution in [0.25, 0.3) is 0 Å². The highest BCUT2D eigenvalue weighted by Crippen LogP contribution is 2.62. The number of nitrogens with zero attached hydrogens (tertiary/aromatic N) is 1. The molecule has 2 bridgehead atoms. The number of rotatable bonds is 3. The lowest BCUT2D eigenvalue weighted by molar-refractivity contribution is -0.158. The van der Waals surface area contributed by atoms with Crippen molar-refractivity contribution in [3.05, 3.63) is 0 Å². The number of halogens is 3. The molecular formula is C14H21F3N2. The summed E-state index contributed by atoms with van der Waals surface area (Å²) in [6.45, 7) is 6.13. The molecule has 0 aromatic carbocycles. The first-order valence-corrected chi connectivity index (χ1v) is 6.81. The van der Waals surface area contributed by atoms with Crippen molar-refractivity contribution < 1.29 is 13.2 Å². The summed E-state index contributed by atoms with van der Waals surface area (Å²) in [5, 5.41) is 11.7. The normalized spacial score (nSPS) is 38.2. The van der Waals surface area contributed by atoms with E-state index in [-0.39, 0.29) is 23.4 Å². The Morgan fingerprint density at radius 2 is 2.00 bits per heavy atom. The second kappa shape index (κ2) is 4.37. The summed E-state index contributed by atoms with van der Waals surface area (Å²) in [4.78, 5) is 0. The van der Waals surface area contributed by atoms with Gasteiger partial charge in [-0.05, 0) is 36.0 Å². The predicted molar refractivity (Wildman–Crippen MR) is 66.2 cm³/mol. The molecule has 2 fully saturated rings. The minimum absolute atomic E-state index is 0.0125. The Morgan fingerprint density at radius 3 is 2.42 bits per heavy atom. The Bertz CT molecular complexity index is 392. The second-order valence-electron chi connectivity index (χ2n) is 6.98. The summed E-state index contributed by atoms with van der Waals surface area (Å²) in [7, 11) is 0. The van der Waals surface area contributed by atoms with Crippen molar-refractivity contribution in [3.63, 3.8) is 0 Å². The van der Waals surface area contributed by atoms with E-state index in [2.05, 4.69) is 26.1 Å². The molecule has 0 spiro atoms. The van der Waals surface area contributed by atoms with Gasteiger partial charge in [0.05, 0.1) is 6.07 Å². The first kappa shape index (κ1) is 14.6. The van der Waals surface area contributed by atoms with Gasteiger partial charge in [-0.25, -0.2) is 0 Å². The van der Waals surface area contributed by atoms with Crippen LogP contribution in [-0.2, 0) is 0 Å². The van der Waals surface area contributed by atoms with E-state index >= 15 is 0 Å². The maximum Gasteiger partial charge on any atom is 0.405 e. The highest BCUT2D eigenvalue weighted by molar-refractivity contribution is 5.12. The van der Waals surface area contributed by atoms with E-state index in [0.29, 0.717) is 5.92 Å². The SMILES string of the molecule is CC12CCC(C1)C(C)(C)C2NCC(C#N)C(F)(F)F. The zero-order chi connectivity index (χ0) is 14.5. The number of hydrogen-bond acceptors (Lipinski definition) is 2. The summed E-state index contributed by atoms with van der Waals surface area (Å²) in [5.74, 6) is -1.33. The van der Waals surface area contributed by atoms with Crippen LogP contribution in [-0.4, -0.2) is 18.8 Å². The van der Waals surface area contributed by atoms with E-state index in [0.717, 1.165) is 12.8 Å². The molecule has 0 heterocycles. The molecule has 1 N–H and O–H groups in total. The van der Waals surface area contributed by atoms with Crippen molar-refractivity contribution in [2.24, 2.45) is 22.7 Å². The molecule has 108 valence electrons. The highest BCUT2D eigenvalue weighted by atomic mass is 19.4. The van der Waals surface area contributed by atoms with Gasteiger partial charge in [-0.15, -0.1) is 0 Å². The average Bonchev–Trinajstić information content (AvgIpc) is 2.72. The number of alkyl halides is 3. The number of fused-ring (bicyclic) bond motifs is 2. The van der Waals surface area contributed by atoms with Gasteiger partial charge in [0.25, 0.3) is 0 Å². The lowest BCUT2D eigenvalue weighted by Crippen LogP contribution is -2.52. The van der Waals surface area contributed by atoms with E-state index in [9.17, 15) is 13.2 Å². The summed E-state index contributed by atoms with van der Waals surface area (Å²) < 4.78 is 37.8. The molecule has 2 aliphatic rings. The van der Waals surface area contributed by atoms with E-state index < -0.39 is 12.1 Å². The molecule has 0 aliphatic heterocycles. The smallest absolute Gasteiger partial charge is 0.311 e. The molecule has 0 amide bonds. The standard InChI is InChI=1S/C14H21F3N2/c1-12(2)9-4-5-13(3,6-9)11(12)19-8-10(7-18)14(15,16)17/h9-11,19H,4-6,8H2,1-3H3. The topological polar surface area (TPSA) is 35.8 Å². The quantitative estimate of drug-likeness (QED) is 0.855. The van der Waals surface area contributed by atoms with Crippen LogP contribution in [0.4, 0.5) is 13.2 Å². The maximum absolute atomic E-state index is 12.6. The summed E-state index contributed by atoms with van der Waals surface area (Å²) in [5.41, 5.74) is 0.0956. The second-order valence-corrected chi connectivity index (χ2v) is 6.98. The monoisotopic (exact) mass is 274 g/mol. The molecular weight excluding hydrogens is 253 g/mol. The molecule has 0 radical (unpaired) electrons. The largest absolute Gasteiger partial charge is 0.405 e. The van der Waals surface area contributed by atoms with Gasteiger partial charge in [0.15, 0.2) is 5.92 Å². The van der Waals surface area contributed by atoms with Crippen molar-refractivity contribution in [2.75, 3.05) is 6.54 Å². The zero-order valence-corrected chi connectivity index (χ0v) is 11.6. The van der Waals surface area contributed by atoms with E-state index in [4.69, 9.17) is 5.26 Å². The van der Waals surface area contributed by atoms with E-state index in [1.807, 2.05) is 0 Å². The molecule has 2 nitrogen and oxygen atoms in total. The van der Waals surface area contributed by atoms with E-state index in [1.165, 1.54) is 12.5 Å². The van der Waals surface area contributed by atoms with Gasteiger partial charge in [-0.3, -0.25) is 0 Å². The van der Waals surface area contributed by atoms with Crippen LogP contribution in [0.2, 0.25) is 0 Å². The lowest BCUT2D eigenvalue weighted by atomic mass is 9.68. The lowest BCUT2D eigenvalue weighted by Gasteiger charge is -2.43. The Labute approximate surface area is 112 Å². The molecule has 0 aromatic heterocycles. The fourth-order valence-corrected chi connectivity index (χ4v) is 4.28. The molecule has 2 aliphatic carbocycles. The summed E-state index contributed by atoms with van der Waals surface area (Å²) in [6.07, 6.45) is -1.12. The highest BCUT2D eigenvalue weighted by Gasteiger charge is 2.59. The van der Waals surface area contributed by atoms with Crippen molar-refractivity contribution in [1.29, 1.82) is 5.26 Å². The van der Waals surface area contributed by atoms with Crippen molar-refractivity contribution in [1.82, 2.24) is 5.32 Å². The summed E-state index contributed by atoms with van der Waals surface area (Å²) >= 11 is 0. The van der Waals surface area contributed by atoms with Gasteiger partial charge in [0, 0.05) is 12.6 Å². The first-order chi connectivity index (χ1) is 8.61. The molecule has 0 saturated heterocycles. The zero-order valence-electron chi connectivity index (χ0n) is 11.6. The van der Waals surface area contributed by atoms with Crippen molar-refractivity contribution >= 4 is 0 Å². The fourth-order valence-electron chi connectivity index (χ4n) is 4.28. The average molecular weight is 274 g/mol. The molecule has 4 atom stereocenters. The van der Waals surface area contributed by atoms with Crippen LogP contribution >= 0.6 is 0 Å². The molecule has 4 unspecified atom stereocenters. The minimum Gasteiger partial charge on any atom is -0.311 e. The van der Waals surface area contributed by atoms with Crippen molar-refractivity contribution in [3.8, 4) is 6.07 Å². The molecule has 0 aromatic rings. The van der Waals surface area contributed by atoms with Gasteiger partial charge in [0.2, 0.25) is 0 Å². The van der Waals surface area contributed by atoms with Crippen LogP contribution in [0.15, 0.2) is 0 Å². The number of nitriles is 1. The Balaban J connectivity index is 2.06. The van der Waals surface area contributed by atoms with Gasteiger partial charge in [0.1, 0.15) is 0 Å². The molecule has 19 heavy (non-hydrogen) atoms. The van der Waals surface area contributed by atoms with Gasteiger partial charge in [-0.2, -0.15) is 18.4 Å². The van der Waals surface area contributed by atoms with Crippen LogP contribution in [0.3, 0.4) is 0 Å². The van der Waals surface area contributed by atoms with Gasteiger partial charge in [-0.1, -0.05) is 20.8 Å². The molecule has 2 rings (SSSR count). The Hall–Kier alpha value is -0.760. The summed E-state index contributed by atoms with van der Waals surface area (Å²) in [6, 6.07) is 1.43. The van der Waals surface area contributed by atoms with Crippen molar-refractivity contribution in [2.45, 2.75) is 52.3 Å². The predicted octanol–water partition coefficient (Wildman–Crippen LogP) is 3.49. The van der Waals surface area contributed by atoms with Crippen LogP contribution in [0, 0.1) is 34.0 Å². The maximum atomic E-state index is 12.6. The van der Waals surface area contributed by atoms with Gasteiger partial charge >= 0.3 is 6.18 Å².